The van der Waals surface area contributed by atoms with Crippen molar-refractivity contribution in [3.63, 3.8) is 0 Å². The van der Waals surface area contributed by atoms with Crippen molar-refractivity contribution in [2.24, 2.45) is 11.1 Å². The summed E-state index contributed by atoms with van der Waals surface area (Å²) in [6, 6.07) is 7.30. The summed E-state index contributed by atoms with van der Waals surface area (Å²) in [5.74, 6) is -0.245. The Kier molecular flexibility index (Phi) is 6.01. The maximum atomic E-state index is 12.5. The van der Waals surface area contributed by atoms with E-state index in [4.69, 9.17) is 5.73 Å². The Morgan fingerprint density at radius 3 is 2.28 bits per heavy atom. The second kappa shape index (κ2) is 7.83. The Labute approximate surface area is 150 Å². The molecule has 3 N–H and O–H groups in total. The van der Waals surface area contributed by atoms with Gasteiger partial charge in [-0.1, -0.05) is 51.1 Å². The minimum absolute atomic E-state index is 0.0209. The number of amides is 2. The van der Waals surface area contributed by atoms with Crippen LogP contribution in [0.5, 0.6) is 0 Å². The number of benzene rings is 1. The van der Waals surface area contributed by atoms with E-state index in [1.54, 1.807) is 19.1 Å². The molecule has 2 atom stereocenters. The van der Waals surface area contributed by atoms with Gasteiger partial charge in [-0.05, 0) is 29.9 Å². The third-order valence-corrected chi connectivity index (χ3v) is 4.20. The summed E-state index contributed by atoms with van der Waals surface area (Å²) in [6.07, 6.45) is 4.09. The molecule has 0 saturated carbocycles. The molecule has 0 aromatic heterocycles. The van der Waals surface area contributed by atoms with Gasteiger partial charge in [0.05, 0.1) is 6.04 Å². The van der Waals surface area contributed by atoms with Gasteiger partial charge in [-0.15, -0.1) is 0 Å². The summed E-state index contributed by atoms with van der Waals surface area (Å²) in [7, 11) is 0. The van der Waals surface area contributed by atoms with Crippen molar-refractivity contribution >= 4 is 11.8 Å². The van der Waals surface area contributed by atoms with Gasteiger partial charge in [0, 0.05) is 25.2 Å². The number of nitrogens with zero attached hydrogens (tertiary/aromatic N) is 1. The Balaban J connectivity index is 2.02. The molecule has 1 aromatic carbocycles. The van der Waals surface area contributed by atoms with Gasteiger partial charge >= 0.3 is 0 Å². The number of rotatable bonds is 5. The zero-order valence-electron chi connectivity index (χ0n) is 15.6. The molecule has 0 radical (unpaired) electrons. The number of nitrogens with two attached hydrogens (primary N) is 1. The zero-order valence-corrected chi connectivity index (χ0v) is 15.6. The molecule has 0 bridgehead atoms. The first-order valence-corrected chi connectivity index (χ1v) is 8.75. The van der Waals surface area contributed by atoms with E-state index in [9.17, 15) is 9.59 Å². The van der Waals surface area contributed by atoms with Crippen molar-refractivity contribution < 1.29 is 9.59 Å². The number of carbonyl (C=O) groups is 2. The van der Waals surface area contributed by atoms with Crippen LogP contribution in [0, 0.1) is 5.41 Å². The first-order chi connectivity index (χ1) is 11.7. The van der Waals surface area contributed by atoms with Gasteiger partial charge in [-0.25, -0.2) is 0 Å². The summed E-state index contributed by atoms with van der Waals surface area (Å²) in [5, 5.41) is 2.91. The molecule has 136 valence electrons. The first-order valence-electron chi connectivity index (χ1n) is 8.75. The summed E-state index contributed by atoms with van der Waals surface area (Å²) in [5.41, 5.74) is 8.05. The number of carbonyl (C=O) groups excluding carboxylic acids is 2. The van der Waals surface area contributed by atoms with Crippen LogP contribution in [0.2, 0.25) is 0 Å². The maximum absolute atomic E-state index is 12.5. The van der Waals surface area contributed by atoms with Crippen LogP contribution in [0.1, 0.15) is 45.2 Å². The van der Waals surface area contributed by atoms with E-state index in [1.807, 2.05) is 17.0 Å². The molecule has 5 nitrogen and oxygen atoms in total. The lowest BCUT2D eigenvalue weighted by Crippen LogP contribution is -2.44. The molecule has 2 unspecified atom stereocenters. The lowest BCUT2D eigenvalue weighted by atomic mass is 9.88. The number of hydrogen-bond donors (Lipinski definition) is 2. The Hall–Kier alpha value is -2.14. The monoisotopic (exact) mass is 343 g/mol. The molecular formula is C20H29N3O2. The largest absolute Gasteiger partial charge is 0.349 e. The highest BCUT2D eigenvalue weighted by Gasteiger charge is 2.23. The van der Waals surface area contributed by atoms with E-state index in [-0.39, 0.29) is 23.3 Å². The van der Waals surface area contributed by atoms with E-state index in [2.05, 4.69) is 38.2 Å². The van der Waals surface area contributed by atoms with Gasteiger partial charge in [0.2, 0.25) is 11.8 Å². The number of fused-ring (bicyclic) bond motifs is 1. The maximum Gasteiger partial charge on any atom is 0.246 e. The second-order valence-corrected chi connectivity index (χ2v) is 7.99. The van der Waals surface area contributed by atoms with Crippen LogP contribution in [0.4, 0.5) is 0 Å². The number of nitrogens with one attached hydrogen (secondary N) is 1. The molecule has 2 rings (SSSR count). The van der Waals surface area contributed by atoms with E-state index in [0.717, 1.165) is 6.42 Å². The summed E-state index contributed by atoms with van der Waals surface area (Å²) < 4.78 is 0. The second-order valence-electron chi connectivity index (χ2n) is 7.99. The predicted molar refractivity (Wildman–Crippen MR) is 99.5 cm³/mol. The fraction of sp³-hybridized carbons (Fsp3) is 0.500. The van der Waals surface area contributed by atoms with E-state index < -0.39 is 6.04 Å². The Morgan fingerprint density at radius 1 is 1.24 bits per heavy atom. The molecule has 0 fully saturated rings. The minimum Gasteiger partial charge on any atom is -0.349 e. The molecule has 1 aromatic rings. The van der Waals surface area contributed by atoms with Gasteiger partial charge in [-0.3, -0.25) is 9.59 Å². The van der Waals surface area contributed by atoms with Gasteiger partial charge in [0.25, 0.3) is 0 Å². The quantitative estimate of drug-likeness (QED) is 0.806. The van der Waals surface area contributed by atoms with Crippen LogP contribution in [0.3, 0.4) is 0 Å². The molecule has 0 saturated heterocycles. The summed E-state index contributed by atoms with van der Waals surface area (Å²) in [4.78, 5) is 26.2. The Bertz CT molecular complexity index is 634. The third-order valence-electron chi connectivity index (χ3n) is 4.20. The smallest absolute Gasteiger partial charge is 0.246 e. The van der Waals surface area contributed by atoms with Crippen LogP contribution < -0.4 is 11.1 Å². The molecule has 0 aliphatic carbocycles. The fourth-order valence-electron chi connectivity index (χ4n) is 2.93. The third kappa shape index (κ3) is 5.71. The predicted octanol–water partition coefficient (Wildman–Crippen LogP) is 2.35. The molecule has 2 amide bonds. The average Bonchev–Trinajstić information content (AvgIpc) is 2.94. The van der Waals surface area contributed by atoms with E-state index in [1.165, 1.54) is 11.1 Å². The van der Waals surface area contributed by atoms with Crippen molar-refractivity contribution in [1.29, 1.82) is 0 Å². The van der Waals surface area contributed by atoms with Gasteiger partial charge in [0.1, 0.15) is 0 Å². The molecule has 25 heavy (non-hydrogen) atoms. The van der Waals surface area contributed by atoms with Gasteiger partial charge in [0.15, 0.2) is 0 Å². The highest BCUT2D eigenvalue weighted by Crippen LogP contribution is 2.23. The summed E-state index contributed by atoms with van der Waals surface area (Å²) in [6.45, 7) is 9.23. The van der Waals surface area contributed by atoms with E-state index >= 15 is 0 Å². The highest BCUT2D eigenvalue weighted by molar-refractivity contribution is 5.88. The van der Waals surface area contributed by atoms with Crippen LogP contribution >= 0.6 is 0 Å². The Morgan fingerprint density at radius 2 is 1.80 bits per heavy atom. The fourth-order valence-corrected chi connectivity index (χ4v) is 2.93. The van der Waals surface area contributed by atoms with Crippen molar-refractivity contribution in [3.8, 4) is 0 Å². The molecule has 1 heterocycles. The topological polar surface area (TPSA) is 75.4 Å². The molecule has 0 spiro atoms. The molecular weight excluding hydrogens is 314 g/mol. The zero-order chi connectivity index (χ0) is 18.6. The van der Waals surface area contributed by atoms with Crippen molar-refractivity contribution in [3.05, 3.63) is 47.5 Å². The van der Waals surface area contributed by atoms with Crippen LogP contribution in [-0.4, -0.2) is 28.8 Å². The summed E-state index contributed by atoms with van der Waals surface area (Å²) >= 11 is 0. The normalized spacial score (nSPS) is 16.6. The molecule has 1 aliphatic heterocycles. The van der Waals surface area contributed by atoms with Crippen LogP contribution in [0.15, 0.2) is 36.4 Å². The standard InChI is InChI=1S/C20H29N3O2/c1-14(21)19(25)22-17(11-20(2,3)4)9-10-18(24)23-12-15-7-5-6-8-16(15)13-23/h5-10,14,17H,11-13,21H2,1-4H3,(H,22,25). The molecule has 5 heteroatoms. The van der Waals surface area contributed by atoms with Crippen LogP contribution in [0.25, 0.3) is 0 Å². The highest BCUT2D eigenvalue weighted by atomic mass is 16.2. The van der Waals surface area contributed by atoms with Crippen molar-refractivity contribution in [2.45, 2.75) is 59.3 Å². The number of hydrogen-bond acceptors (Lipinski definition) is 3. The SMILES string of the molecule is CC(N)C(=O)NC(C=CC(=O)N1Cc2ccccc2C1)CC(C)(C)C. The minimum atomic E-state index is -0.570. The first kappa shape index (κ1) is 19.2. The van der Waals surface area contributed by atoms with Gasteiger partial charge in [-0.2, -0.15) is 0 Å². The van der Waals surface area contributed by atoms with Crippen molar-refractivity contribution in [1.82, 2.24) is 10.2 Å². The van der Waals surface area contributed by atoms with Crippen molar-refractivity contribution in [2.75, 3.05) is 0 Å². The molecule has 1 aliphatic rings. The lowest BCUT2D eigenvalue weighted by Gasteiger charge is -2.25. The van der Waals surface area contributed by atoms with E-state index in [0.29, 0.717) is 13.1 Å². The average molecular weight is 343 g/mol. The lowest BCUT2D eigenvalue weighted by molar-refractivity contribution is -0.126. The van der Waals surface area contributed by atoms with Gasteiger partial charge < -0.3 is 16.0 Å². The van der Waals surface area contributed by atoms with Crippen LogP contribution in [-0.2, 0) is 22.7 Å².